The van der Waals surface area contributed by atoms with Crippen molar-refractivity contribution in [3.05, 3.63) is 41.6 Å². The zero-order chi connectivity index (χ0) is 15.9. The van der Waals surface area contributed by atoms with Crippen LogP contribution in [0, 0.1) is 11.3 Å². The van der Waals surface area contributed by atoms with E-state index in [2.05, 4.69) is 15.3 Å². The summed E-state index contributed by atoms with van der Waals surface area (Å²) in [5.41, 5.74) is 6.48. The number of nitrogens with zero attached hydrogens (tertiary/aromatic N) is 3. The van der Waals surface area contributed by atoms with Gasteiger partial charge in [-0.1, -0.05) is 12.1 Å². The Balaban J connectivity index is 2.25. The quantitative estimate of drug-likeness (QED) is 0.691. The summed E-state index contributed by atoms with van der Waals surface area (Å²) in [5, 5.41) is 20.3. The van der Waals surface area contributed by atoms with Crippen molar-refractivity contribution in [3.63, 3.8) is 0 Å². The molecule has 0 unspecified atom stereocenters. The van der Waals surface area contributed by atoms with Gasteiger partial charge in [-0.2, -0.15) is 10.2 Å². The van der Waals surface area contributed by atoms with Crippen molar-refractivity contribution in [1.82, 2.24) is 9.97 Å². The Morgan fingerprint density at radius 3 is 2.91 bits per heavy atom. The minimum atomic E-state index is -0.584. The summed E-state index contributed by atoms with van der Waals surface area (Å²) in [4.78, 5) is 19.8. The summed E-state index contributed by atoms with van der Waals surface area (Å²) in [5.74, 6) is -0.391. The third kappa shape index (κ3) is 3.47. The summed E-state index contributed by atoms with van der Waals surface area (Å²) in [7, 11) is 0. The van der Waals surface area contributed by atoms with Gasteiger partial charge in [-0.3, -0.25) is 0 Å². The number of esters is 1. The number of aliphatic hydroxyl groups excluding tert-OH is 1. The lowest BCUT2D eigenvalue weighted by atomic mass is 10.2. The third-order valence-corrected chi connectivity index (χ3v) is 2.66. The molecular formula is C14H13N5O3. The molecule has 22 heavy (non-hydrogen) atoms. The van der Waals surface area contributed by atoms with E-state index >= 15 is 0 Å². The molecule has 0 aliphatic carbocycles. The second-order valence-corrected chi connectivity index (χ2v) is 4.13. The number of ether oxygens (including phenoxy) is 1. The Hall–Kier alpha value is -3.18. The average molecular weight is 299 g/mol. The molecule has 0 amide bonds. The Bertz CT molecular complexity index is 727. The fraction of sp³-hybridized carbons (Fsp3) is 0.143. The predicted molar refractivity (Wildman–Crippen MR) is 78.3 cm³/mol. The number of carbonyl (C=O) groups is 1. The summed E-state index contributed by atoms with van der Waals surface area (Å²) in [6.45, 7) is -0.343. The van der Waals surface area contributed by atoms with Crippen molar-refractivity contribution in [2.45, 2.75) is 0 Å². The molecule has 0 radical (unpaired) electrons. The van der Waals surface area contributed by atoms with Crippen LogP contribution < -0.4 is 11.1 Å². The molecule has 1 heterocycles. The predicted octanol–water partition coefficient (Wildman–Crippen LogP) is 0.823. The maximum absolute atomic E-state index is 11.9. The van der Waals surface area contributed by atoms with Crippen molar-refractivity contribution in [2.75, 3.05) is 24.3 Å². The fourth-order valence-corrected chi connectivity index (χ4v) is 1.65. The van der Waals surface area contributed by atoms with E-state index in [9.17, 15) is 4.79 Å². The highest BCUT2D eigenvalue weighted by Gasteiger charge is 2.13. The summed E-state index contributed by atoms with van der Waals surface area (Å²) in [6.07, 6.45) is 1.29. The number of nitriles is 1. The first-order chi connectivity index (χ1) is 10.7. The number of anilines is 3. The third-order valence-electron chi connectivity index (χ3n) is 2.66. The molecule has 1 aromatic heterocycles. The van der Waals surface area contributed by atoms with Crippen LogP contribution in [0.15, 0.2) is 30.5 Å². The van der Waals surface area contributed by atoms with Crippen LogP contribution in [0.4, 0.5) is 17.5 Å². The van der Waals surface area contributed by atoms with Gasteiger partial charge in [-0.05, 0) is 12.1 Å². The number of hydrogen-bond acceptors (Lipinski definition) is 8. The van der Waals surface area contributed by atoms with Gasteiger partial charge in [0.1, 0.15) is 24.1 Å². The zero-order valence-corrected chi connectivity index (χ0v) is 11.5. The van der Waals surface area contributed by atoms with Crippen molar-refractivity contribution >= 4 is 23.4 Å². The molecule has 1 aromatic carbocycles. The molecule has 8 nitrogen and oxygen atoms in total. The number of carbonyl (C=O) groups excluding carboxylic acids is 1. The fourth-order valence-electron chi connectivity index (χ4n) is 1.65. The highest BCUT2D eigenvalue weighted by molar-refractivity contribution is 5.96. The first kappa shape index (κ1) is 15.2. The van der Waals surface area contributed by atoms with E-state index in [1.165, 1.54) is 6.20 Å². The van der Waals surface area contributed by atoms with Crippen LogP contribution in [0.5, 0.6) is 0 Å². The number of nitrogens with one attached hydrogen (secondary N) is 1. The zero-order valence-electron chi connectivity index (χ0n) is 11.5. The molecule has 4 N–H and O–H groups in total. The van der Waals surface area contributed by atoms with Gasteiger partial charge in [-0.25, -0.2) is 9.78 Å². The number of aromatic nitrogens is 2. The number of aliphatic hydroxyl groups is 1. The Kier molecular flexibility index (Phi) is 4.85. The number of hydrogen-bond donors (Lipinski definition) is 3. The molecular weight excluding hydrogens is 286 g/mol. The highest BCUT2D eigenvalue weighted by Crippen LogP contribution is 2.20. The van der Waals surface area contributed by atoms with Crippen LogP contribution >= 0.6 is 0 Å². The van der Waals surface area contributed by atoms with E-state index in [1.807, 2.05) is 6.07 Å². The number of para-hydroxylation sites is 1. The first-order valence-corrected chi connectivity index (χ1v) is 6.32. The minimum Gasteiger partial charge on any atom is -0.460 e. The lowest BCUT2D eigenvalue weighted by Crippen LogP contribution is -2.11. The number of nitrogens with two attached hydrogens (primary N) is 1. The first-order valence-electron chi connectivity index (χ1n) is 6.32. The molecule has 0 saturated carbocycles. The maximum Gasteiger partial charge on any atom is 0.340 e. The van der Waals surface area contributed by atoms with Gasteiger partial charge in [-0.15, -0.1) is 0 Å². The van der Waals surface area contributed by atoms with Gasteiger partial charge < -0.3 is 20.9 Å². The smallest absolute Gasteiger partial charge is 0.340 e. The Morgan fingerprint density at radius 2 is 2.23 bits per heavy atom. The van der Waals surface area contributed by atoms with Crippen LogP contribution in [0.25, 0.3) is 0 Å². The lowest BCUT2D eigenvalue weighted by Gasteiger charge is -2.10. The van der Waals surface area contributed by atoms with E-state index in [4.69, 9.17) is 20.8 Å². The highest BCUT2D eigenvalue weighted by atomic mass is 16.5. The largest absolute Gasteiger partial charge is 0.460 e. The molecule has 0 aliphatic rings. The molecule has 0 bridgehead atoms. The maximum atomic E-state index is 11.9. The van der Waals surface area contributed by atoms with Gasteiger partial charge in [0.25, 0.3) is 0 Å². The SMILES string of the molecule is N#Cc1cnc(Nc2ccccc2C(=O)OCCO)nc1N. The van der Waals surface area contributed by atoms with E-state index in [-0.39, 0.29) is 36.1 Å². The van der Waals surface area contributed by atoms with Crippen LogP contribution in [-0.4, -0.2) is 34.3 Å². The van der Waals surface area contributed by atoms with E-state index in [0.29, 0.717) is 5.69 Å². The molecule has 0 fully saturated rings. The van der Waals surface area contributed by atoms with E-state index in [0.717, 1.165) is 0 Å². The van der Waals surface area contributed by atoms with Gasteiger partial charge in [0.2, 0.25) is 5.95 Å². The molecule has 2 aromatic rings. The topological polar surface area (TPSA) is 134 Å². The Morgan fingerprint density at radius 1 is 1.45 bits per heavy atom. The van der Waals surface area contributed by atoms with Crippen molar-refractivity contribution in [3.8, 4) is 6.07 Å². The summed E-state index contributed by atoms with van der Waals surface area (Å²) < 4.78 is 4.88. The van der Waals surface area contributed by atoms with Crippen LogP contribution in [0.2, 0.25) is 0 Å². The standard InChI is InChI=1S/C14H13N5O3/c15-7-9-8-17-14(19-12(9)16)18-11-4-2-1-3-10(11)13(21)22-6-5-20/h1-4,8,20H,5-6H2,(H3,16,17,18,19). The molecule has 8 heteroatoms. The lowest BCUT2D eigenvalue weighted by molar-refractivity contribution is 0.0435. The van der Waals surface area contributed by atoms with Gasteiger partial charge in [0, 0.05) is 0 Å². The summed E-state index contributed by atoms with van der Waals surface area (Å²) >= 11 is 0. The molecule has 112 valence electrons. The molecule has 0 atom stereocenters. The van der Waals surface area contributed by atoms with Crippen LogP contribution in [0.1, 0.15) is 15.9 Å². The normalized spacial score (nSPS) is 9.82. The van der Waals surface area contributed by atoms with Crippen molar-refractivity contribution in [1.29, 1.82) is 5.26 Å². The average Bonchev–Trinajstić information content (AvgIpc) is 2.53. The molecule has 0 saturated heterocycles. The molecule has 2 rings (SSSR count). The second-order valence-electron chi connectivity index (χ2n) is 4.13. The van der Waals surface area contributed by atoms with Crippen molar-refractivity contribution in [2.24, 2.45) is 0 Å². The van der Waals surface area contributed by atoms with Gasteiger partial charge in [0.05, 0.1) is 24.1 Å². The summed E-state index contributed by atoms with van der Waals surface area (Å²) in [6, 6.07) is 8.47. The molecule has 0 aliphatic heterocycles. The van der Waals surface area contributed by atoms with Crippen LogP contribution in [-0.2, 0) is 4.74 Å². The van der Waals surface area contributed by atoms with Crippen molar-refractivity contribution < 1.29 is 14.6 Å². The number of nitrogen functional groups attached to an aromatic ring is 1. The number of rotatable bonds is 5. The monoisotopic (exact) mass is 299 g/mol. The Labute approximate surface area is 126 Å². The number of benzene rings is 1. The van der Waals surface area contributed by atoms with E-state index in [1.54, 1.807) is 24.3 Å². The van der Waals surface area contributed by atoms with Gasteiger partial charge in [0.15, 0.2) is 0 Å². The van der Waals surface area contributed by atoms with E-state index < -0.39 is 5.97 Å². The van der Waals surface area contributed by atoms with Gasteiger partial charge >= 0.3 is 5.97 Å². The minimum absolute atomic E-state index is 0.0420. The second kappa shape index (κ2) is 7.01. The van der Waals surface area contributed by atoms with Crippen LogP contribution in [0.3, 0.4) is 0 Å². The molecule has 0 spiro atoms.